The number of nitrogens with one attached hydrogen (secondary N) is 3. The second kappa shape index (κ2) is 40.2. The first-order chi connectivity index (χ1) is 36.2. The predicted molar refractivity (Wildman–Crippen MR) is 316 cm³/mol. The molecule has 444 valence electrons. The Hall–Kier alpha value is -8.01. The van der Waals surface area contributed by atoms with Crippen LogP contribution in [0.1, 0.15) is 109 Å². The summed E-state index contributed by atoms with van der Waals surface area (Å²) in [7, 11) is 17.2. The molecule has 30 nitrogen and oxygen atoms in total. The molecule has 0 unspecified atom stereocenters. The summed E-state index contributed by atoms with van der Waals surface area (Å²) in [5, 5.41) is 20.5. The number of carboxylic acids is 1. The number of nitrogens with zero attached hydrogens (tertiary/aromatic N) is 17. The highest BCUT2D eigenvalue weighted by molar-refractivity contribution is 7.98. The number of hydrazine groups is 2. The molecule has 0 aromatic carbocycles. The molecule has 6 rings (SSSR count). The standard InChI is InChI=1S/C10H13N5O.C10H15N5O.C9H13N3OS.C8H13N5O.C7H8N2O2S.C2H7N.2CH4.H4N2.H2O/c1-6-5-8(9(16)14(3)4)12-10-11-7(2)13-15(6)10;1-5-11-14-10-12-7(2)6-8(13-10)9(16)15(3)4;1-6-5-7(8(13)12(2)3)11-9(10-6)14-4;1-5-4-6(7(14)13(2)3)11-8(10-5)12-9;1-4-3-5(6(10)11)9-7(8-4)12-2;1-3-2;;;1-2;/h5H,1-4H3;5-6H,1-4H3,(H,12,13,14);5H,1-4H3;4H,9H2,1-3H3,(H,10,11,12);3H,1-2H3,(H,10,11);3H,1-2H3;2*1H4;1-2H2;1H2/b;11-5+;;;;;;;;. The Morgan fingerprint density at radius 1 is 0.562 bits per heavy atom. The van der Waals surface area contributed by atoms with Crippen molar-refractivity contribution in [2.45, 2.75) is 73.6 Å². The van der Waals surface area contributed by atoms with E-state index < -0.39 is 5.97 Å². The number of rotatable bonds is 10. The summed E-state index contributed by atoms with van der Waals surface area (Å²) in [6.45, 7) is 12.6. The van der Waals surface area contributed by atoms with E-state index in [0.717, 1.165) is 11.4 Å². The van der Waals surface area contributed by atoms with Gasteiger partial charge < -0.3 is 35.5 Å². The second-order valence-corrected chi connectivity index (χ2v) is 17.6. The molecule has 6 heterocycles. The van der Waals surface area contributed by atoms with Gasteiger partial charge in [0.1, 0.15) is 28.6 Å². The fourth-order valence-corrected chi connectivity index (χ4v) is 6.07. The van der Waals surface area contributed by atoms with E-state index in [2.05, 4.69) is 87.9 Å². The van der Waals surface area contributed by atoms with Gasteiger partial charge >= 0.3 is 5.97 Å². The molecule has 80 heavy (non-hydrogen) atoms. The van der Waals surface area contributed by atoms with Crippen LogP contribution in [-0.2, 0) is 0 Å². The summed E-state index contributed by atoms with van der Waals surface area (Å²) in [5.74, 6) is 13.3. The maximum Gasteiger partial charge on any atom is 0.354 e. The van der Waals surface area contributed by atoms with Gasteiger partial charge in [-0.2, -0.15) is 15.2 Å². The molecule has 0 radical (unpaired) electrons. The van der Waals surface area contributed by atoms with Crippen molar-refractivity contribution in [1.29, 1.82) is 0 Å². The Morgan fingerprint density at radius 3 is 1.26 bits per heavy atom. The molecule has 4 amide bonds. The molecule has 0 saturated heterocycles. The van der Waals surface area contributed by atoms with Crippen molar-refractivity contribution < 1.29 is 34.6 Å². The zero-order chi connectivity index (χ0) is 59.3. The number of carboxylic acid groups (broad SMARTS) is 1. The molecule has 0 spiro atoms. The topological polar surface area (TPSA) is 423 Å². The van der Waals surface area contributed by atoms with E-state index in [1.54, 1.807) is 132 Å². The molecule has 0 saturated carbocycles. The van der Waals surface area contributed by atoms with E-state index in [-0.39, 0.29) is 55.6 Å². The minimum Gasteiger partial charge on any atom is -0.477 e. The van der Waals surface area contributed by atoms with Crippen molar-refractivity contribution in [2.75, 3.05) is 93.8 Å². The van der Waals surface area contributed by atoms with E-state index in [1.807, 2.05) is 34.2 Å². The molecular weight excluding hydrogens is 1070 g/mol. The molecule has 0 aliphatic rings. The third-order valence-corrected chi connectivity index (χ3v) is 9.58. The van der Waals surface area contributed by atoms with Crippen LogP contribution in [0.3, 0.4) is 0 Å². The van der Waals surface area contributed by atoms with Gasteiger partial charge in [-0.25, -0.2) is 65.4 Å². The highest BCUT2D eigenvalue weighted by atomic mass is 32.2. The monoisotopic (exact) mass is 1160 g/mol. The smallest absolute Gasteiger partial charge is 0.354 e. The predicted octanol–water partition coefficient (Wildman–Crippen LogP) is 2.64. The third-order valence-electron chi connectivity index (χ3n) is 8.48. The normalized spacial score (nSPS) is 9.47. The van der Waals surface area contributed by atoms with E-state index in [4.69, 9.17) is 10.9 Å². The molecule has 6 aromatic heterocycles. The number of anilines is 2. The van der Waals surface area contributed by atoms with Gasteiger partial charge in [0.25, 0.3) is 29.4 Å². The van der Waals surface area contributed by atoms with Crippen molar-refractivity contribution in [1.82, 2.24) is 84.4 Å². The van der Waals surface area contributed by atoms with Crippen molar-refractivity contribution in [2.24, 2.45) is 22.6 Å². The van der Waals surface area contributed by atoms with Crippen LogP contribution in [0.5, 0.6) is 0 Å². The summed E-state index contributed by atoms with van der Waals surface area (Å²) >= 11 is 2.76. The minimum absolute atomic E-state index is 0. The van der Waals surface area contributed by atoms with Crippen LogP contribution in [0.25, 0.3) is 5.78 Å². The Morgan fingerprint density at radius 2 is 0.900 bits per heavy atom. The number of aromatic carboxylic acids is 1. The molecule has 0 bridgehead atoms. The van der Waals surface area contributed by atoms with Crippen molar-refractivity contribution >= 4 is 77.0 Å². The van der Waals surface area contributed by atoms with Gasteiger partial charge in [-0.1, -0.05) is 38.4 Å². The van der Waals surface area contributed by atoms with E-state index in [9.17, 15) is 24.0 Å². The Kier molecular flexibility index (Phi) is 39.5. The van der Waals surface area contributed by atoms with Gasteiger partial charge in [0, 0.05) is 91.1 Å². The van der Waals surface area contributed by atoms with E-state index >= 15 is 0 Å². The fourth-order valence-electron chi connectivity index (χ4n) is 5.22. The summed E-state index contributed by atoms with van der Waals surface area (Å²) < 4.78 is 1.63. The average molecular weight is 1160 g/mol. The maximum atomic E-state index is 11.8. The summed E-state index contributed by atoms with van der Waals surface area (Å²) in [5.41, 5.74) is 10.3. The number of fused-ring (bicyclic) bond motifs is 1. The van der Waals surface area contributed by atoms with Crippen LogP contribution < -0.4 is 33.7 Å². The largest absolute Gasteiger partial charge is 0.477 e. The Labute approximate surface area is 477 Å². The zero-order valence-corrected chi connectivity index (χ0v) is 49.2. The highest BCUT2D eigenvalue weighted by Crippen LogP contribution is 2.13. The lowest BCUT2D eigenvalue weighted by atomic mass is 10.3. The Balaban J connectivity index is -0.000000439. The van der Waals surface area contributed by atoms with Crippen molar-refractivity contribution in [3.05, 3.63) is 93.1 Å². The number of hydrogen-bond donors (Lipinski definition) is 7. The van der Waals surface area contributed by atoms with Crippen LogP contribution >= 0.6 is 23.5 Å². The molecule has 12 N–H and O–H groups in total. The summed E-state index contributed by atoms with van der Waals surface area (Å²) in [6.07, 6.45) is 5.28. The van der Waals surface area contributed by atoms with Crippen LogP contribution in [0.2, 0.25) is 0 Å². The molecule has 0 aliphatic heterocycles. The van der Waals surface area contributed by atoms with Crippen molar-refractivity contribution in [3.8, 4) is 0 Å². The van der Waals surface area contributed by atoms with Gasteiger partial charge in [-0.05, 0) is 105 Å². The van der Waals surface area contributed by atoms with Crippen molar-refractivity contribution in [3.63, 3.8) is 0 Å². The average Bonchev–Trinajstić information content (AvgIpc) is 3.78. The number of amides is 4. The lowest BCUT2D eigenvalue weighted by Gasteiger charge is -2.10. The molecule has 0 aliphatic carbocycles. The zero-order valence-electron chi connectivity index (χ0n) is 47.6. The Bertz CT molecular complexity index is 2840. The summed E-state index contributed by atoms with van der Waals surface area (Å²) in [4.78, 5) is 104. The van der Waals surface area contributed by atoms with Gasteiger partial charge in [-0.3, -0.25) is 36.3 Å². The highest BCUT2D eigenvalue weighted by Gasteiger charge is 2.16. The molecule has 0 atom stereocenters. The summed E-state index contributed by atoms with van der Waals surface area (Å²) in [6, 6.07) is 8.11. The maximum absolute atomic E-state index is 11.8. The number of aromatic nitrogens is 12. The number of hydrogen-bond acceptors (Lipinski definition) is 25. The molecular formula is C48H83N23O7S2. The lowest BCUT2D eigenvalue weighted by molar-refractivity contribution is 0.0687. The first kappa shape index (κ1) is 78.5. The van der Waals surface area contributed by atoms with Gasteiger partial charge in [-0.15, -0.1) is 0 Å². The van der Waals surface area contributed by atoms with E-state index in [1.165, 1.54) is 49.2 Å². The fraction of sp³-hybridized carbons (Fsp3) is 0.438. The minimum atomic E-state index is -1.02. The van der Waals surface area contributed by atoms with Crippen LogP contribution in [0.15, 0.2) is 45.7 Å². The SMILES string of the molecule is C.C.C/C=N/Nc1nc(C)cc(C(=O)N(C)C)n1.CNC.CSc1nc(C)cc(C(=O)N(C)C)n1.CSc1nc(C)cc(C(=O)O)n1.Cc1cc(C(=O)N(C)C)nc(NN)n1.Cc1nc2nc(C(=O)N(C)C)cc(C)n2n1.NN.O. The number of hydrazone groups is 1. The van der Waals surface area contributed by atoms with Gasteiger partial charge in [0.05, 0.1) is 0 Å². The number of thioether (sulfide) groups is 2. The number of nitrogens with two attached hydrogens (primary N) is 3. The molecule has 6 aromatic rings. The molecule has 0 fully saturated rings. The van der Waals surface area contributed by atoms with Crippen LogP contribution in [-0.4, -0.2) is 208 Å². The van der Waals surface area contributed by atoms with E-state index in [0.29, 0.717) is 67.7 Å². The third kappa shape index (κ3) is 27.5. The number of nitrogen functional groups attached to an aromatic ring is 1. The first-order valence-corrected chi connectivity index (χ1v) is 25.1. The lowest BCUT2D eigenvalue weighted by Crippen LogP contribution is -2.24. The number of carbonyl (C=O) groups is 5. The van der Waals surface area contributed by atoms with Crippen LogP contribution in [0.4, 0.5) is 11.9 Å². The number of carbonyl (C=O) groups excluding carboxylic acids is 4. The first-order valence-electron chi connectivity index (χ1n) is 22.6. The quantitative estimate of drug-likeness (QED) is 0.0341. The van der Waals surface area contributed by atoms with Gasteiger partial charge in [0.2, 0.25) is 11.9 Å². The van der Waals surface area contributed by atoms with Crippen LogP contribution in [0, 0.1) is 41.5 Å². The molecule has 32 heteroatoms. The van der Waals surface area contributed by atoms with Gasteiger partial charge in [0.15, 0.2) is 16.0 Å². The number of aryl methyl sites for hydroxylation is 6. The second-order valence-electron chi connectivity index (χ2n) is 16.1.